The van der Waals surface area contributed by atoms with E-state index in [-0.39, 0.29) is 12.1 Å². The molecule has 0 aromatic carbocycles. The van der Waals surface area contributed by atoms with E-state index in [4.69, 9.17) is 21.1 Å². The molecule has 4 nitrogen and oxygen atoms in total. The number of aromatic nitrogens is 1. The van der Waals surface area contributed by atoms with Crippen molar-refractivity contribution in [1.82, 2.24) is 4.98 Å². The average molecular weight is 290 g/mol. The maximum absolute atomic E-state index is 11.3. The predicted molar refractivity (Wildman–Crippen MR) is 72.4 cm³/mol. The van der Waals surface area contributed by atoms with Gasteiger partial charge in [0, 0.05) is 16.8 Å². The molecule has 0 atom stereocenters. The van der Waals surface area contributed by atoms with Crippen LogP contribution in [0.1, 0.15) is 20.3 Å². The van der Waals surface area contributed by atoms with Gasteiger partial charge in [-0.15, -0.1) is 11.8 Å². The Labute approximate surface area is 116 Å². The molecule has 0 saturated heterocycles. The molecule has 0 saturated carbocycles. The van der Waals surface area contributed by atoms with Crippen molar-refractivity contribution in [2.45, 2.75) is 31.3 Å². The van der Waals surface area contributed by atoms with Gasteiger partial charge in [0.05, 0.1) is 19.6 Å². The minimum absolute atomic E-state index is 0.0768. The molecule has 1 rings (SSSR count). The molecule has 6 heteroatoms. The first-order valence-corrected chi connectivity index (χ1v) is 6.91. The Morgan fingerprint density at radius 1 is 1.56 bits per heavy atom. The number of nitrogens with zero attached hydrogens (tertiary/aromatic N) is 1. The first-order chi connectivity index (χ1) is 8.54. The van der Waals surface area contributed by atoms with Gasteiger partial charge in [-0.1, -0.05) is 11.6 Å². The average Bonchev–Trinajstić information content (AvgIpc) is 2.30. The van der Waals surface area contributed by atoms with E-state index in [1.54, 1.807) is 12.3 Å². The monoisotopic (exact) mass is 289 g/mol. The molecule has 0 unspecified atom stereocenters. The van der Waals surface area contributed by atoms with Crippen LogP contribution >= 0.6 is 23.4 Å². The zero-order valence-corrected chi connectivity index (χ0v) is 12.2. The van der Waals surface area contributed by atoms with Gasteiger partial charge in [0.15, 0.2) is 0 Å². The van der Waals surface area contributed by atoms with E-state index in [0.29, 0.717) is 23.1 Å². The number of halogens is 1. The first kappa shape index (κ1) is 15.1. The Hall–Kier alpha value is -0.940. The van der Waals surface area contributed by atoms with Gasteiger partial charge in [0.25, 0.3) is 0 Å². The quantitative estimate of drug-likeness (QED) is 0.595. The third kappa shape index (κ3) is 4.74. The number of carbonyl (C=O) groups excluding carboxylic acids is 1. The van der Waals surface area contributed by atoms with Gasteiger partial charge >= 0.3 is 5.97 Å². The molecule has 1 aromatic heterocycles. The van der Waals surface area contributed by atoms with E-state index in [0.717, 1.165) is 4.90 Å². The van der Waals surface area contributed by atoms with Crippen LogP contribution in [0.3, 0.4) is 0 Å². The van der Waals surface area contributed by atoms with Crippen molar-refractivity contribution in [3.8, 4) is 5.88 Å². The number of rotatable bonds is 6. The molecule has 0 amide bonds. The molecular weight excluding hydrogens is 274 g/mol. The van der Waals surface area contributed by atoms with Crippen LogP contribution in [0.5, 0.6) is 5.88 Å². The van der Waals surface area contributed by atoms with Gasteiger partial charge in [0.1, 0.15) is 5.02 Å². The molecule has 0 spiro atoms. The summed E-state index contributed by atoms with van der Waals surface area (Å²) < 4.78 is 10.1. The van der Waals surface area contributed by atoms with Gasteiger partial charge in [-0.2, -0.15) is 0 Å². The molecule has 1 heterocycles. The van der Waals surface area contributed by atoms with Crippen LogP contribution in [0.15, 0.2) is 17.2 Å². The Kier molecular flexibility index (Phi) is 6.29. The highest BCUT2D eigenvalue weighted by Gasteiger charge is 2.10. The summed E-state index contributed by atoms with van der Waals surface area (Å²) in [6, 6.07) is 1.79. The standard InChI is InChI=1S/C12H16ClNO3S/c1-8(2)17-10(15)5-7-18-9-4-6-14-12(16-3)11(9)13/h4,6,8H,5,7H2,1-3H3. The Bertz CT molecular complexity index is 412. The molecule has 0 aliphatic carbocycles. The van der Waals surface area contributed by atoms with E-state index in [1.165, 1.54) is 18.9 Å². The molecular formula is C12H16ClNO3S. The van der Waals surface area contributed by atoms with Crippen LogP contribution in [-0.4, -0.2) is 29.9 Å². The van der Waals surface area contributed by atoms with E-state index in [2.05, 4.69) is 4.98 Å². The summed E-state index contributed by atoms with van der Waals surface area (Å²) >= 11 is 7.56. The minimum Gasteiger partial charge on any atom is -0.480 e. The number of ether oxygens (including phenoxy) is 2. The van der Waals surface area contributed by atoms with Crippen molar-refractivity contribution in [3.05, 3.63) is 17.3 Å². The molecule has 0 aliphatic heterocycles. The molecule has 1 aromatic rings. The van der Waals surface area contributed by atoms with Gasteiger partial charge in [0.2, 0.25) is 5.88 Å². The van der Waals surface area contributed by atoms with E-state index >= 15 is 0 Å². The van der Waals surface area contributed by atoms with Crippen molar-refractivity contribution in [1.29, 1.82) is 0 Å². The van der Waals surface area contributed by atoms with Crippen LogP contribution in [0.2, 0.25) is 5.02 Å². The molecule has 0 radical (unpaired) electrons. The van der Waals surface area contributed by atoms with Gasteiger partial charge in [-0.3, -0.25) is 4.79 Å². The second-order valence-corrected chi connectivity index (χ2v) is 5.28. The predicted octanol–water partition coefficient (Wildman–Crippen LogP) is 3.18. The highest BCUT2D eigenvalue weighted by Crippen LogP contribution is 2.32. The summed E-state index contributed by atoms with van der Waals surface area (Å²) in [6.45, 7) is 3.66. The summed E-state index contributed by atoms with van der Waals surface area (Å²) in [5, 5.41) is 0.474. The maximum atomic E-state index is 11.3. The highest BCUT2D eigenvalue weighted by molar-refractivity contribution is 7.99. The Morgan fingerprint density at radius 2 is 2.28 bits per heavy atom. The third-order valence-electron chi connectivity index (χ3n) is 1.95. The van der Waals surface area contributed by atoms with Crippen molar-refractivity contribution in [3.63, 3.8) is 0 Å². The van der Waals surface area contributed by atoms with Crippen LogP contribution in [0.25, 0.3) is 0 Å². The summed E-state index contributed by atoms with van der Waals surface area (Å²) in [7, 11) is 1.52. The van der Waals surface area contributed by atoms with Crippen LogP contribution in [-0.2, 0) is 9.53 Å². The van der Waals surface area contributed by atoms with Gasteiger partial charge < -0.3 is 9.47 Å². The third-order valence-corrected chi connectivity index (χ3v) is 3.48. The first-order valence-electron chi connectivity index (χ1n) is 5.55. The molecule has 100 valence electrons. The number of hydrogen-bond donors (Lipinski definition) is 0. The number of hydrogen-bond acceptors (Lipinski definition) is 5. The zero-order chi connectivity index (χ0) is 13.5. The summed E-state index contributed by atoms with van der Waals surface area (Å²) in [4.78, 5) is 16.2. The smallest absolute Gasteiger partial charge is 0.306 e. The number of pyridine rings is 1. The van der Waals surface area contributed by atoms with Crippen molar-refractivity contribution in [2.24, 2.45) is 0 Å². The molecule has 0 bridgehead atoms. The second-order valence-electron chi connectivity index (χ2n) is 3.77. The fourth-order valence-corrected chi connectivity index (χ4v) is 2.44. The maximum Gasteiger partial charge on any atom is 0.306 e. The van der Waals surface area contributed by atoms with Crippen LogP contribution in [0.4, 0.5) is 0 Å². The normalized spacial score (nSPS) is 10.5. The molecule has 18 heavy (non-hydrogen) atoms. The van der Waals surface area contributed by atoms with E-state index in [1.807, 2.05) is 13.8 Å². The van der Waals surface area contributed by atoms with Crippen molar-refractivity contribution >= 4 is 29.3 Å². The van der Waals surface area contributed by atoms with E-state index in [9.17, 15) is 4.79 Å². The molecule has 0 fully saturated rings. The Balaban J connectivity index is 2.47. The lowest BCUT2D eigenvalue weighted by Gasteiger charge is -2.08. The summed E-state index contributed by atoms with van der Waals surface area (Å²) in [5.74, 6) is 0.805. The Morgan fingerprint density at radius 3 is 2.89 bits per heavy atom. The lowest BCUT2D eigenvalue weighted by Crippen LogP contribution is -2.11. The number of methoxy groups -OCH3 is 1. The minimum atomic E-state index is -0.199. The number of carbonyl (C=O) groups is 1. The molecule has 0 aliphatic rings. The fraction of sp³-hybridized carbons (Fsp3) is 0.500. The topological polar surface area (TPSA) is 48.4 Å². The van der Waals surface area contributed by atoms with E-state index < -0.39 is 0 Å². The second kappa shape index (κ2) is 7.48. The lowest BCUT2D eigenvalue weighted by atomic mass is 10.4. The van der Waals surface area contributed by atoms with Crippen molar-refractivity contribution < 1.29 is 14.3 Å². The number of thioether (sulfide) groups is 1. The molecule has 0 N–H and O–H groups in total. The summed E-state index contributed by atoms with van der Waals surface area (Å²) in [5.41, 5.74) is 0. The lowest BCUT2D eigenvalue weighted by molar-refractivity contribution is -0.146. The van der Waals surface area contributed by atoms with Gasteiger partial charge in [-0.05, 0) is 19.9 Å². The largest absolute Gasteiger partial charge is 0.480 e. The van der Waals surface area contributed by atoms with Crippen molar-refractivity contribution in [2.75, 3.05) is 12.9 Å². The summed E-state index contributed by atoms with van der Waals surface area (Å²) in [6.07, 6.45) is 1.90. The van der Waals surface area contributed by atoms with Crippen LogP contribution in [0, 0.1) is 0 Å². The SMILES string of the molecule is COc1nccc(SCCC(=O)OC(C)C)c1Cl. The highest BCUT2D eigenvalue weighted by atomic mass is 35.5. The van der Waals surface area contributed by atoms with Gasteiger partial charge in [-0.25, -0.2) is 4.98 Å². The fourth-order valence-electron chi connectivity index (χ4n) is 1.23. The zero-order valence-electron chi connectivity index (χ0n) is 10.6. The number of esters is 1. The van der Waals surface area contributed by atoms with Crippen LogP contribution < -0.4 is 4.74 Å².